The number of hydrogen-bond acceptors (Lipinski definition) is 10. The molecule has 10 heteroatoms. The molecule has 9 atom stereocenters. The zero-order valence-corrected chi connectivity index (χ0v) is 22.7. The Morgan fingerprint density at radius 3 is 2.28 bits per heavy atom. The third-order valence-corrected chi connectivity index (χ3v) is 9.95. The number of rotatable bonds is 3. The lowest BCUT2D eigenvalue weighted by Crippen LogP contribution is -2.81. The number of benzene rings is 1. The van der Waals surface area contributed by atoms with E-state index in [-0.39, 0.29) is 30.6 Å². The van der Waals surface area contributed by atoms with Gasteiger partial charge in [-0.2, -0.15) is 0 Å². The number of ketones is 1. The maximum atomic E-state index is 14.3. The quantitative estimate of drug-likeness (QED) is 0.320. The van der Waals surface area contributed by atoms with E-state index in [1.165, 1.54) is 26.0 Å². The largest absolute Gasteiger partial charge is 0.455 e. The second-order valence-electron chi connectivity index (χ2n) is 12.2. The van der Waals surface area contributed by atoms with E-state index in [2.05, 4.69) is 0 Å². The lowest BCUT2D eigenvalue weighted by Gasteiger charge is -2.67. The highest BCUT2D eigenvalue weighted by atomic mass is 16.6. The monoisotopic (exact) mass is 544 g/mol. The van der Waals surface area contributed by atoms with E-state index in [0.29, 0.717) is 5.57 Å². The highest BCUT2D eigenvalue weighted by molar-refractivity contribution is 5.94. The van der Waals surface area contributed by atoms with E-state index < -0.39 is 76.2 Å². The van der Waals surface area contributed by atoms with E-state index in [0.717, 1.165) is 0 Å². The maximum absolute atomic E-state index is 14.3. The van der Waals surface area contributed by atoms with E-state index in [1.54, 1.807) is 39.0 Å². The first-order valence-corrected chi connectivity index (χ1v) is 13.2. The molecule has 212 valence electrons. The number of esters is 2. The highest BCUT2D eigenvalue weighted by Crippen LogP contribution is 2.63. The van der Waals surface area contributed by atoms with Gasteiger partial charge in [-0.25, -0.2) is 4.79 Å². The van der Waals surface area contributed by atoms with Gasteiger partial charge in [-0.05, 0) is 37.1 Å². The van der Waals surface area contributed by atoms with Gasteiger partial charge < -0.3 is 34.6 Å². The molecule has 0 aromatic heterocycles. The molecule has 10 nitrogen and oxygen atoms in total. The number of aliphatic hydroxyl groups is 4. The summed E-state index contributed by atoms with van der Waals surface area (Å²) in [5.74, 6) is -3.60. The fraction of sp³-hybridized carbons (Fsp3) is 0.621. The summed E-state index contributed by atoms with van der Waals surface area (Å²) in [6.07, 6.45) is -7.26. The van der Waals surface area contributed by atoms with Gasteiger partial charge in [0.25, 0.3) is 0 Å². The van der Waals surface area contributed by atoms with Crippen LogP contribution in [0.15, 0.2) is 41.5 Å². The Kier molecular flexibility index (Phi) is 6.40. The number of ether oxygens (including phenoxy) is 3. The van der Waals surface area contributed by atoms with Gasteiger partial charge in [-0.3, -0.25) is 9.59 Å². The molecule has 2 bridgehead atoms. The van der Waals surface area contributed by atoms with Crippen LogP contribution in [0.2, 0.25) is 0 Å². The van der Waals surface area contributed by atoms with Gasteiger partial charge in [-0.15, -0.1) is 0 Å². The second kappa shape index (κ2) is 8.94. The standard InChI is InChI=1S/C29H36O10/c1-14-17(31)12-29(36)24(38-25(35)16-9-7-6-8-10-16)22-27(5,23(34)21(33)20(14)26(29,3)4)18(32)11-19-28(22,13-37-19)39-15(2)30/h6-10,17-19,21-22,24,31-33,36H,11-13H2,1-5H3/t17-,18?,19?,21?,22-,24-,27-,28-,29?/m0/s1. The molecular weight excluding hydrogens is 508 g/mol. The van der Waals surface area contributed by atoms with Gasteiger partial charge in [0.2, 0.25) is 0 Å². The Hall–Kier alpha value is -2.63. The first-order chi connectivity index (χ1) is 18.1. The van der Waals surface area contributed by atoms with E-state index in [1.807, 2.05) is 0 Å². The van der Waals surface area contributed by atoms with Gasteiger partial charge in [0, 0.05) is 25.2 Å². The number of aliphatic hydroxyl groups excluding tert-OH is 3. The number of fused-ring (bicyclic) bond motifs is 5. The van der Waals surface area contributed by atoms with Crippen LogP contribution < -0.4 is 0 Å². The molecule has 1 heterocycles. The van der Waals surface area contributed by atoms with Gasteiger partial charge in [0.05, 0.1) is 35.7 Å². The van der Waals surface area contributed by atoms with Crippen LogP contribution in [0.1, 0.15) is 57.8 Å². The van der Waals surface area contributed by atoms with E-state index >= 15 is 0 Å². The smallest absolute Gasteiger partial charge is 0.338 e. The molecule has 4 N–H and O–H groups in total. The molecule has 0 amide bonds. The highest BCUT2D eigenvalue weighted by Gasteiger charge is 2.77. The minimum Gasteiger partial charge on any atom is -0.455 e. The Labute approximate surface area is 226 Å². The van der Waals surface area contributed by atoms with Crippen LogP contribution in [-0.2, 0) is 23.8 Å². The molecule has 5 rings (SSSR count). The Balaban J connectivity index is 1.81. The van der Waals surface area contributed by atoms with Crippen LogP contribution >= 0.6 is 0 Å². The van der Waals surface area contributed by atoms with Crippen molar-refractivity contribution >= 4 is 17.7 Å². The van der Waals surface area contributed by atoms with Gasteiger partial charge in [0.1, 0.15) is 23.9 Å². The lowest BCUT2D eigenvalue weighted by atomic mass is 9.44. The number of carbonyl (C=O) groups is 3. The van der Waals surface area contributed by atoms with Crippen LogP contribution in [0, 0.1) is 16.7 Å². The topological polar surface area (TPSA) is 160 Å². The van der Waals surface area contributed by atoms with Gasteiger partial charge in [0.15, 0.2) is 11.4 Å². The predicted molar refractivity (Wildman–Crippen MR) is 135 cm³/mol. The maximum Gasteiger partial charge on any atom is 0.338 e. The third-order valence-electron chi connectivity index (χ3n) is 9.95. The lowest BCUT2D eigenvalue weighted by molar-refractivity contribution is -0.345. The van der Waals surface area contributed by atoms with Crippen molar-refractivity contribution in [2.24, 2.45) is 16.7 Å². The molecule has 1 aliphatic heterocycles. The van der Waals surface area contributed by atoms with Crippen LogP contribution in [0.4, 0.5) is 0 Å². The van der Waals surface area contributed by atoms with E-state index in [9.17, 15) is 34.8 Å². The molecule has 1 saturated heterocycles. The fourth-order valence-electron chi connectivity index (χ4n) is 7.66. The summed E-state index contributed by atoms with van der Waals surface area (Å²) in [7, 11) is 0. The number of Topliss-reactive ketones (excluding diaryl/α,β-unsaturated/α-hetero) is 1. The summed E-state index contributed by atoms with van der Waals surface area (Å²) >= 11 is 0. The van der Waals surface area contributed by atoms with Crippen molar-refractivity contribution in [2.45, 2.75) is 89.2 Å². The molecule has 39 heavy (non-hydrogen) atoms. The van der Waals surface area contributed by atoms with Crippen LogP contribution in [0.25, 0.3) is 0 Å². The molecule has 4 unspecified atom stereocenters. The third kappa shape index (κ3) is 3.62. The predicted octanol–water partition coefficient (Wildman–Crippen LogP) is 1.08. The zero-order chi connectivity index (χ0) is 28.7. The van der Waals surface area contributed by atoms with Gasteiger partial charge in [-0.1, -0.05) is 32.0 Å². The first kappa shape index (κ1) is 27.9. The van der Waals surface area contributed by atoms with Crippen molar-refractivity contribution in [2.75, 3.05) is 6.61 Å². The van der Waals surface area contributed by atoms with E-state index in [4.69, 9.17) is 14.2 Å². The normalized spacial score (nSPS) is 42.7. The summed E-state index contributed by atoms with van der Waals surface area (Å²) in [6.45, 7) is 7.29. The Morgan fingerprint density at radius 1 is 1.08 bits per heavy atom. The average molecular weight is 545 g/mol. The summed E-state index contributed by atoms with van der Waals surface area (Å²) in [4.78, 5) is 40.3. The summed E-state index contributed by atoms with van der Waals surface area (Å²) in [6, 6.07) is 8.08. The Morgan fingerprint density at radius 2 is 1.72 bits per heavy atom. The fourth-order valence-corrected chi connectivity index (χ4v) is 7.66. The molecule has 4 aliphatic rings. The van der Waals surface area contributed by atoms with Crippen molar-refractivity contribution in [1.29, 1.82) is 0 Å². The summed E-state index contributed by atoms with van der Waals surface area (Å²) in [5, 5.41) is 46.7. The van der Waals surface area contributed by atoms with Crippen molar-refractivity contribution in [3.63, 3.8) is 0 Å². The molecule has 1 aromatic rings. The van der Waals surface area contributed by atoms with Crippen molar-refractivity contribution in [1.82, 2.24) is 0 Å². The average Bonchev–Trinajstić information content (AvgIpc) is 2.87. The van der Waals surface area contributed by atoms with Crippen LogP contribution in [0.3, 0.4) is 0 Å². The summed E-state index contributed by atoms with van der Waals surface area (Å²) in [5.41, 5.74) is -6.24. The Bertz CT molecular complexity index is 1240. The molecular formula is C29H36O10. The van der Waals surface area contributed by atoms with Crippen molar-refractivity contribution in [3.8, 4) is 0 Å². The summed E-state index contributed by atoms with van der Waals surface area (Å²) < 4.78 is 17.7. The minimum absolute atomic E-state index is 0.0828. The van der Waals surface area contributed by atoms with Gasteiger partial charge >= 0.3 is 11.9 Å². The van der Waals surface area contributed by atoms with Crippen molar-refractivity contribution < 1.29 is 49.0 Å². The zero-order valence-electron chi connectivity index (χ0n) is 22.7. The van der Waals surface area contributed by atoms with Crippen LogP contribution in [0.5, 0.6) is 0 Å². The van der Waals surface area contributed by atoms with Crippen molar-refractivity contribution in [3.05, 3.63) is 47.0 Å². The molecule has 1 aromatic carbocycles. The number of hydrogen-bond donors (Lipinski definition) is 4. The molecule has 3 fully saturated rings. The minimum atomic E-state index is -2.07. The molecule has 0 radical (unpaired) electrons. The molecule has 2 saturated carbocycles. The number of carbonyl (C=O) groups excluding carboxylic acids is 3. The molecule has 3 aliphatic carbocycles. The molecule has 0 spiro atoms. The second-order valence-corrected chi connectivity index (χ2v) is 12.2. The van der Waals surface area contributed by atoms with Crippen LogP contribution in [-0.4, -0.2) is 86.5 Å². The first-order valence-electron chi connectivity index (χ1n) is 13.2. The SMILES string of the molecule is CC(=O)O[C@@]12COC1CC(O)[C@]1(C)C(=O)C(O)C3=C(C)[C@@H](O)CC(O)([C@@H](OC(=O)c4ccccc4)[C@H]21)C3(C)C.